The van der Waals surface area contributed by atoms with Gasteiger partial charge in [-0.25, -0.2) is 14.3 Å². The lowest BCUT2D eigenvalue weighted by atomic mass is 9.75. The zero-order valence-corrected chi connectivity index (χ0v) is 14.1. The quantitative estimate of drug-likeness (QED) is 0.860. The number of nitrogens with zero attached hydrogens (tertiary/aromatic N) is 4. The molecule has 0 saturated carbocycles. The van der Waals surface area contributed by atoms with Gasteiger partial charge in [0.15, 0.2) is 5.65 Å². The first-order chi connectivity index (χ1) is 12.0. The van der Waals surface area contributed by atoms with Crippen LogP contribution in [-0.4, -0.2) is 43.3 Å². The molecule has 23 heavy (non-hydrogen) atoms. The molecule has 1 amide bonds. The van der Waals surface area contributed by atoms with Crippen molar-refractivity contribution in [3.05, 3.63) is 29.1 Å². The second kappa shape index (κ2) is 5.67. The summed E-state index contributed by atoms with van der Waals surface area (Å²) >= 11 is 6.40. The summed E-state index contributed by atoms with van der Waals surface area (Å²) in [7, 11) is 0. The van der Waals surface area contributed by atoms with E-state index in [-0.39, 0.29) is 46.6 Å². The first-order valence-electron chi connectivity index (χ1n) is 9.03. The van der Waals surface area contributed by atoms with Crippen molar-refractivity contribution in [3.8, 4) is 0 Å². The number of likely N-dealkylation sites (tertiary alicyclic amines) is 1. The van der Waals surface area contributed by atoms with Crippen molar-refractivity contribution in [1.29, 1.82) is 0 Å². The van der Waals surface area contributed by atoms with Crippen LogP contribution in [0.2, 0.25) is 5.02 Å². The maximum atomic E-state index is 11.6. The van der Waals surface area contributed by atoms with E-state index in [1.54, 1.807) is 0 Å². The van der Waals surface area contributed by atoms with Crippen LogP contribution < -0.4 is 0 Å². The summed E-state index contributed by atoms with van der Waals surface area (Å²) in [6.07, 6.45) is -0.193. The van der Waals surface area contributed by atoms with Crippen LogP contribution in [0.3, 0.4) is 0 Å². The maximum Gasteiger partial charge on any atom is 0.407 e. The number of carbonyl (C=O) groups is 1. The molecule has 1 N–H and O–H groups in total. The zero-order valence-electron chi connectivity index (χ0n) is 16.3. The molecule has 1 aliphatic rings. The standard InChI is InChI=1S/C16H21ClN4O2/c1-16(2,3)13-6-10(4-5-20(13)15(22)23)11-8-21-14(7-12(11)17)18-9-19-21/h7-10,13H,4-6H2,1-3H3,(H,22,23)/i7D,8D,9D. The minimum absolute atomic E-state index is 0.00781. The molecule has 2 aromatic rings. The van der Waals surface area contributed by atoms with Crippen molar-refractivity contribution < 1.29 is 14.0 Å². The first-order valence-corrected chi connectivity index (χ1v) is 7.91. The molecular formula is C16H21ClN4O2. The third-order valence-electron chi connectivity index (χ3n) is 4.44. The van der Waals surface area contributed by atoms with Gasteiger partial charge in [-0.15, -0.1) is 0 Å². The Morgan fingerprint density at radius 2 is 2.26 bits per heavy atom. The molecule has 3 rings (SSSR count). The minimum atomic E-state index is -0.952. The lowest BCUT2D eigenvalue weighted by molar-refractivity contribution is 0.0525. The zero-order chi connectivity index (χ0) is 19.4. The molecule has 2 unspecified atom stereocenters. The molecule has 3 heterocycles. The van der Waals surface area contributed by atoms with E-state index in [4.69, 9.17) is 15.7 Å². The summed E-state index contributed by atoms with van der Waals surface area (Å²) in [5.74, 6) is -0.165. The average molecular weight is 340 g/mol. The molecule has 6 nitrogen and oxygen atoms in total. The molecule has 1 aliphatic heterocycles. The Kier molecular flexibility index (Phi) is 3.10. The highest BCUT2D eigenvalue weighted by molar-refractivity contribution is 6.31. The molecule has 0 aliphatic carbocycles. The largest absolute Gasteiger partial charge is 0.465 e. The summed E-state index contributed by atoms with van der Waals surface area (Å²) in [6.45, 7) is 6.30. The van der Waals surface area contributed by atoms with Gasteiger partial charge < -0.3 is 10.0 Å². The Labute approximate surface area is 144 Å². The van der Waals surface area contributed by atoms with E-state index in [0.29, 0.717) is 24.9 Å². The van der Waals surface area contributed by atoms with Gasteiger partial charge >= 0.3 is 6.09 Å². The van der Waals surface area contributed by atoms with E-state index >= 15 is 0 Å². The highest BCUT2D eigenvalue weighted by Gasteiger charge is 2.39. The van der Waals surface area contributed by atoms with Gasteiger partial charge in [0.1, 0.15) is 7.67 Å². The number of pyridine rings is 1. The highest BCUT2D eigenvalue weighted by atomic mass is 35.5. The van der Waals surface area contributed by atoms with Crippen LogP contribution in [0.5, 0.6) is 0 Å². The molecule has 0 radical (unpaired) electrons. The van der Waals surface area contributed by atoms with Crippen LogP contribution in [0.25, 0.3) is 5.65 Å². The van der Waals surface area contributed by atoms with Crippen LogP contribution in [0, 0.1) is 5.41 Å². The fourth-order valence-electron chi connectivity index (χ4n) is 3.24. The van der Waals surface area contributed by atoms with E-state index < -0.39 is 6.09 Å². The number of carboxylic acid groups (broad SMARTS) is 1. The molecule has 1 saturated heterocycles. The molecule has 7 heteroatoms. The lowest BCUT2D eigenvalue weighted by Gasteiger charge is -2.44. The van der Waals surface area contributed by atoms with Gasteiger partial charge in [-0.1, -0.05) is 32.4 Å². The Bertz CT molecular complexity index is 881. The number of fused-ring (bicyclic) bond motifs is 1. The van der Waals surface area contributed by atoms with Crippen LogP contribution in [0.15, 0.2) is 18.5 Å². The first kappa shape index (κ1) is 12.6. The highest BCUT2D eigenvalue weighted by Crippen LogP contribution is 2.40. The molecular weight excluding hydrogens is 316 g/mol. The third kappa shape index (κ3) is 3.00. The second-order valence-electron chi connectivity index (χ2n) is 6.99. The predicted molar refractivity (Wildman–Crippen MR) is 87.9 cm³/mol. The van der Waals surface area contributed by atoms with Crippen LogP contribution in [-0.2, 0) is 0 Å². The third-order valence-corrected chi connectivity index (χ3v) is 4.74. The fraction of sp³-hybridized carbons (Fsp3) is 0.562. The molecule has 0 aromatic carbocycles. The van der Waals surface area contributed by atoms with Gasteiger partial charge in [0.2, 0.25) is 0 Å². The molecule has 1 fully saturated rings. The maximum absolute atomic E-state index is 11.6. The monoisotopic (exact) mass is 339 g/mol. The van der Waals surface area contributed by atoms with Crippen molar-refractivity contribution in [3.63, 3.8) is 0 Å². The SMILES string of the molecule is [2H]c1nc2c([2H])c(Cl)c(C3CCN(C(=O)O)C(C(C)(C)C)C3)c([2H])n2n1. The van der Waals surface area contributed by atoms with E-state index in [1.165, 1.54) is 9.42 Å². The minimum Gasteiger partial charge on any atom is -0.465 e. The summed E-state index contributed by atoms with van der Waals surface area (Å²) in [4.78, 5) is 16.9. The Morgan fingerprint density at radius 1 is 1.52 bits per heavy atom. The molecule has 0 bridgehead atoms. The fourth-order valence-corrected chi connectivity index (χ4v) is 3.53. The summed E-state index contributed by atoms with van der Waals surface area (Å²) in [6, 6.07) is -0.293. The van der Waals surface area contributed by atoms with Crippen molar-refractivity contribution in [2.24, 2.45) is 5.41 Å². The number of halogens is 1. The number of rotatable bonds is 1. The average Bonchev–Trinajstić information content (AvgIpc) is 2.94. The number of aromatic nitrogens is 3. The molecule has 2 atom stereocenters. The van der Waals surface area contributed by atoms with E-state index in [0.717, 1.165) is 0 Å². The smallest absolute Gasteiger partial charge is 0.407 e. The van der Waals surface area contributed by atoms with Gasteiger partial charge in [-0.3, -0.25) is 0 Å². The predicted octanol–water partition coefficient (Wildman–Crippen LogP) is 3.65. The Balaban J connectivity index is 2.08. The summed E-state index contributed by atoms with van der Waals surface area (Å²) in [5.41, 5.74) is 0.291. The van der Waals surface area contributed by atoms with Gasteiger partial charge in [0, 0.05) is 29.8 Å². The number of piperidine rings is 1. The molecule has 124 valence electrons. The van der Waals surface area contributed by atoms with Gasteiger partial charge in [-0.05, 0) is 29.7 Å². The summed E-state index contributed by atoms with van der Waals surface area (Å²) < 4.78 is 25.4. The van der Waals surface area contributed by atoms with E-state index in [2.05, 4.69) is 10.1 Å². The molecule has 2 aromatic heterocycles. The Morgan fingerprint density at radius 3 is 2.91 bits per heavy atom. The van der Waals surface area contributed by atoms with Crippen LogP contribution in [0.4, 0.5) is 4.79 Å². The van der Waals surface area contributed by atoms with Crippen LogP contribution in [0.1, 0.15) is 49.2 Å². The normalized spacial score (nSPS) is 24.3. The van der Waals surface area contributed by atoms with Crippen molar-refractivity contribution in [1.82, 2.24) is 19.5 Å². The van der Waals surface area contributed by atoms with Crippen molar-refractivity contribution in [2.45, 2.75) is 45.6 Å². The Hall–Kier alpha value is -1.82. The van der Waals surface area contributed by atoms with Gasteiger partial charge in [0.05, 0.1) is 2.74 Å². The lowest BCUT2D eigenvalue weighted by Crippen LogP contribution is -2.51. The van der Waals surface area contributed by atoms with E-state index in [9.17, 15) is 9.90 Å². The number of amides is 1. The van der Waals surface area contributed by atoms with Crippen molar-refractivity contribution in [2.75, 3.05) is 6.54 Å². The van der Waals surface area contributed by atoms with E-state index in [1.807, 2.05) is 20.8 Å². The molecule has 0 spiro atoms. The summed E-state index contributed by atoms with van der Waals surface area (Å²) in [5, 5.41) is 13.5. The number of hydrogen-bond donors (Lipinski definition) is 1. The van der Waals surface area contributed by atoms with Gasteiger partial charge in [-0.2, -0.15) is 5.10 Å². The number of hydrogen-bond acceptors (Lipinski definition) is 3. The van der Waals surface area contributed by atoms with Gasteiger partial charge in [0.25, 0.3) is 0 Å². The van der Waals surface area contributed by atoms with Crippen molar-refractivity contribution >= 4 is 23.3 Å². The second-order valence-corrected chi connectivity index (χ2v) is 7.37. The van der Waals surface area contributed by atoms with Crippen LogP contribution >= 0.6 is 11.6 Å². The topological polar surface area (TPSA) is 70.7 Å².